The lowest BCUT2D eigenvalue weighted by Gasteiger charge is -2.19. The molecule has 140 valence electrons. The third-order valence-corrected chi connectivity index (χ3v) is 6.91. The van der Waals surface area contributed by atoms with Crippen LogP contribution in [0, 0.1) is 0 Å². The predicted molar refractivity (Wildman–Crippen MR) is 109 cm³/mol. The van der Waals surface area contributed by atoms with Crippen LogP contribution in [0.3, 0.4) is 0 Å². The summed E-state index contributed by atoms with van der Waals surface area (Å²) in [5.74, 6) is 0. The van der Waals surface area contributed by atoms with Crippen molar-refractivity contribution in [2.24, 2.45) is 0 Å². The Morgan fingerprint density at radius 3 is 2.44 bits per heavy atom. The molecular weight excluding hydrogens is 404 g/mol. The van der Waals surface area contributed by atoms with E-state index in [0.717, 1.165) is 23.2 Å². The Morgan fingerprint density at radius 2 is 1.81 bits per heavy atom. The summed E-state index contributed by atoms with van der Waals surface area (Å²) < 4.78 is 37.8. The standard InChI is InChI=1S/C19H17ClN2O3S2/c1-22(15-7-5-6-14(12-15)18-8-3-4-11-21-18)26(23)19-10-9-16(13-17(19)20)27(2,24)25/h3-13H,1-2H3. The molecule has 8 heteroatoms. The van der Waals surface area contributed by atoms with Gasteiger partial charge < -0.3 is 0 Å². The van der Waals surface area contributed by atoms with E-state index in [1.165, 1.54) is 18.2 Å². The largest absolute Gasteiger partial charge is 0.291 e. The van der Waals surface area contributed by atoms with Crippen LogP contribution >= 0.6 is 11.6 Å². The molecule has 0 saturated carbocycles. The Hall–Kier alpha value is -2.22. The number of rotatable bonds is 5. The first-order valence-corrected chi connectivity index (χ1v) is 11.3. The summed E-state index contributed by atoms with van der Waals surface area (Å²) in [6, 6.07) is 17.4. The van der Waals surface area contributed by atoms with Crippen molar-refractivity contribution >= 4 is 38.1 Å². The number of anilines is 1. The number of sulfone groups is 1. The van der Waals surface area contributed by atoms with E-state index in [4.69, 9.17) is 11.6 Å². The lowest BCUT2D eigenvalue weighted by molar-refractivity contribution is 0.601. The van der Waals surface area contributed by atoms with Crippen LogP contribution in [0.2, 0.25) is 5.02 Å². The van der Waals surface area contributed by atoms with E-state index in [1.54, 1.807) is 17.5 Å². The number of halogens is 1. The Bertz CT molecular complexity index is 1100. The summed E-state index contributed by atoms with van der Waals surface area (Å²) in [7, 11) is -3.30. The van der Waals surface area contributed by atoms with Gasteiger partial charge in [-0.2, -0.15) is 0 Å². The van der Waals surface area contributed by atoms with Crippen molar-refractivity contribution < 1.29 is 12.6 Å². The first kappa shape index (κ1) is 19.5. The maximum absolute atomic E-state index is 13.0. The van der Waals surface area contributed by atoms with Gasteiger partial charge in [0.05, 0.1) is 20.5 Å². The van der Waals surface area contributed by atoms with Gasteiger partial charge in [-0.15, -0.1) is 0 Å². The molecule has 0 N–H and O–H groups in total. The maximum Gasteiger partial charge on any atom is 0.175 e. The third-order valence-electron chi connectivity index (χ3n) is 3.94. The lowest BCUT2D eigenvalue weighted by Crippen LogP contribution is -2.20. The van der Waals surface area contributed by atoms with Crippen molar-refractivity contribution in [2.75, 3.05) is 17.6 Å². The summed E-state index contributed by atoms with van der Waals surface area (Å²) in [5, 5.41) is 0.143. The molecule has 0 radical (unpaired) electrons. The second-order valence-electron chi connectivity index (χ2n) is 5.88. The van der Waals surface area contributed by atoms with Crippen LogP contribution in [-0.2, 0) is 20.8 Å². The van der Waals surface area contributed by atoms with Gasteiger partial charge in [-0.05, 0) is 42.5 Å². The number of hydrogen-bond acceptors (Lipinski definition) is 4. The molecule has 0 aliphatic heterocycles. The molecule has 0 saturated heterocycles. The van der Waals surface area contributed by atoms with Crippen LogP contribution in [0.25, 0.3) is 11.3 Å². The molecule has 0 aliphatic rings. The lowest BCUT2D eigenvalue weighted by atomic mass is 10.1. The first-order valence-electron chi connectivity index (χ1n) is 7.94. The van der Waals surface area contributed by atoms with Gasteiger partial charge in [-0.25, -0.2) is 12.6 Å². The van der Waals surface area contributed by atoms with Crippen LogP contribution in [0.1, 0.15) is 0 Å². The average molecular weight is 421 g/mol. The normalized spacial score (nSPS) is 12.6. The summed E-state index contributed by atoms with van der Waals surface area (Å²) in [6.07, 6.45) is 2.82. The molecule has 1 atom stereocenters. The molecule has 1 unspecified atom stereocenters. The van der Waals surface area contributed by atoms with E-state index in [2.05, 4.69) is 4.98 Å². The molecule has 0 amide bonds. The predicted octanol–water partition coefficient (Wildman–Crippen LogP) is 3.96. The highest BCUT2D eigenvalue weighted by Gasteiger charge is 2.18. The molecule has 0 bridgehead atoms. The van der Waals surface area contributed by atoms with Crippen molar-refractivity contribution in [2.45, 2.75) is 9.79 Å². The molecule has 1 aromatic heterocycles. The Morgan fingerprint density at radius 1 is 1.04 bits per heavy atom. The zero-order valence-corrected chi connectivity index (χ0v) is 17.1. The van der Waals surface area contributed by atoms with Crippen LogP contribution < -0.4 is 4.31 Å². The minimum atomic E-state index is -3.38. The first-order chi connectivity index (χ1) is 12.8. The molecule has 3 aromatic rings. The monoisotopic (exact) mass is 420 g/mol. The minimum absolute atomic E-state index is 0.0908. The number of benzene rings is 2. The van der Waals surface area contributed by atoms with Crippen molar-refractivity contribution in [3.63, 3.8) is 0 Å². The average Bonchev–Trinajstić information content (AvgIpc) is 2.67. The van der Waals surface area contributed by atoms with Crippen LogP contribution in [0.4, 0.5) is 5.69 Å². The van der Waals surface area contributed by atoms with Crippen LogP contribution in [0.5, 0.6) is 0 Å². The van der Waals surface area contributed by atoms with E-state index in [1.807, 2.05) is 42.5 Å². The molecule has 1 heterocycles. The van der Waals surface area contributed by atoms with Crippen molar-refractivity contribution in [1.82, 2.24) is 4.98 Å². The second-order valence-corrected chi connectivity index (χ2v) is 9.79. The molecule has 0 fully saturated rings. The highest BCUT2D eigenvalue weighted by Crippen LogP contribution is 2.29. The van der Waals surface area contributed by atoms with Crippen LogP contribution in [0.15, 0.2) is 76.7 Å². The van der Waals surface area contributed by atoms with Gasteiger partial charge in [0, 0.05) is 30.8 Å². The number of nitrogens with zero attached hydrogens (tertiary/aromatic N) is 2. The van der Waals surface area contributed by atoms with Crippen molar-refractivity contribution in [1.29, 1.82) is 0 Å². The molecule has 2 aromatic carbocycles. The SMILES string of the molecule is CN(c1cccc(-c2ccccn2)c1)S(=O)c1ccc(S(C)(=O)=O)cc1Cl. The van der Waals surface area contributed by atoms with E-state index < -0.39 is 20.8 Å². The summed E-state index contributed by atoms with van der Waals surface area (Å²) in [5.41, 5.74) is 2.43. The van der Waals surface area contributed by atoms with Gasteiger partial charge in [0.1, 0.15) is 0 Å². The van der Waals surface area contributed by atoms with Crippen molar-refractivity contribution in [3.8, 4) is 11.3 Å². The zero-order valence-electron chi connectivity index (χ0n) is 14.7. The molecular formula is C19H17ClN2O3S2. The molecule has 0 aliphatic carbocycles. The number of hydrogen-bond donors (Lipinski definition) is 0. The Balaban J connectivity index is 1.92. The van der Waals surface area contributed by atoms with E-state index in [9.17, 15) is 12.6 Å². The van der Waals surface area contributed by atoms with Gasteiger partial charge in [-0.3, -0.25) is 9.29 Å². The smallest absolute Gasteiger partial charge is 0.175 e. The summed E-state index contributed by atoms with van der Waals surface area (Å²) in [4.78, 5) is 4.76. The highest BCUT2D eigenvalue weighted by atomic mass is 35.5. The Kier molecular flexibility index (Phi) is 5.64. The maximum atomic E-state index is 13.0. The topological polar surface area (TPSA) is 67.3 Å². The summed E-state index contributed by atoms with van der Waals surface area (Å²) >= 11 is 6.19. The summed E-state index contributed by atoms with van der Waals surface area (Å²) in [6.45, 7) is 0. The van der Waals surface area contributed by atoms with Gasteiger partial charge in [0.2, 0.25) is 0 Å². The molecule has 3 rings (SSSR count). The quantitative estimate of drug-likeness (QED) is 0.626. The van der Waals surface area contributed by atoms with Gasteiger partial charge in [0.15, 0.2) is 20.8 Å². The van der Waals surface area contributed by atoms with Crippen molar-refractivity contribution in [3.05, 3.63) is 71.9 Å². The Labute approximate surface area is 166 Å². The van der Waals surface area contributed by atoms with Crippen LogP contribution in [-0.4, -0.2) is 30.9 Å². The zero-order chi connectivity index (χ0) is 19.6. The van der Waals surface area contributed by atoms with E-state index in [0.29, 0.717) is 4.90 Å². The van der Waals surface area contributed by atoms with Gasteiger partial charge >= 0.3 is 0 Å². The minimum Gasteiger partial charge on any atom is -0.291 e. The fourth-order valence-electron chi connectivity index (χ4n) is 2.49. The fraction of sp³-hybridized carbons (Fsp3) is 0.105. The number of pyridine rings is 1. The molecule has 0 spiro atoms. The fourth-order valence-corrected chi connectivity index (χ4v) is 4.59. The molecule has 5 nitrogen and oxygen atoms in total. The third kappa shape index (κ3) is 4.37. The second kappa shape index (κ2) is 7.80. The van der Waals surface area contributed by atoms with E-state index in [-0.39, 0.29) is 9.92 Å². The highest BCUT2D eigenvalue weighted by molar-refractivity contribution is 7.90. The van der Waals surface area contributed by atoms with Gasteiger partial charge in [-0.1, -0.05) is 29.8 Å². The molecule has 27 heavy (non-hydrogen) atoms. The van der Waals surface area contributed by atoms with Gasteiger partial charge in [0.25, 0.3) is 0 Å². The van der Waals surface area contributed by atoms with E-state index >= 15 is 0 Å². The number of aromatic nitrogens is 1.